The van der Waals surface area contributed by atoms with Crippen LogP contribution in [0.15, 0.2) is 29.5 Å². The largest absolute Gasteiger partial charge is 0.355 e. The zero-order valence-electron chi connectivity index (χ0n) is 17.0. The van der Waals surface area contributed by atoms with Crippen molar-refractivity contribution < 1.29 is 8.78 Å². The van der Waals surface area contributed by atoms with Gasteiger partial charge in [0.15, 0.2) is 5.84 Å². The molecule has 5 rings (SSSR count). The number of hydrogen-bond donors (Lipinski definition) is 1. The zero-order valence-corrected chi connectivity index (χ0v) is 17.0. The van der Waals surface area contributed by atoms with Crippen molar-refractivity contribution in [2.45, 2.75) is 26.2 Å². The van der Waals surface area contributed by atoms with Crippen LogP contribution in [0.2, 0.25) is 0 Å². The van der Waals surface area contributed by atoms with Crippen molar-refractivity contribution in [1.29, 1.82) is 0 Å². The molecule has 0 radical (unpaired) electrons. The van der Waals surface area contributed by atoms with Gasteiger partial charge in [-0.15, -0.1) is 0 Å². The third kappa shape index (κ3) is 2.86. The van der Waals surface area contributed by atoms with Crippen molar-refractivity contribution in [3.8, 4) is 22.6 Å². The Kier molecular flexibility index (Phi) is 4.12. The van der Waals surface area contributed by atoms with Crippen LogP contribution >= 0.6 is 0 Å². The van der Waals surface area contributed by atoms with E-state index < -0.39 is 5.92 Å². The molecule has 0 aromatic carbocycles. The summed E-state index contributed by atoms with van der Waals surface area (Å²) in [6.45, 7) is 5.23. The van der Waals surface area contributed by atoms with E-state index >= 15 is 0 Å². The summed E-state index contributed by atoms with van der Waals surface area (Å²) in [6, 6.07) is 3.01. The van der Waals surface area contributed by atoms with Gasteiger partial charge in [-0.3, -0.25) is 9.67 Å². The van der Waals surface area contributed by atoms with E-state index in [2.05, 4.69) is 25.4 Å². The molecule has 156 valence electrons. The number of aryl methyl sites for hydroxylation is 2. The molecule has 1 N–H and O–H groups in total. The summed E-state index contributed by atoms with van der Waals surface area (Å²) in [4.78, 5) is 16.0. The summed E-state index contributed by atoms with van der Waals surface area (Å²) in [6.07, 6.45) is 4.10. The van der Waals surface area contributed by atoms with E-state index in [4.69, 9.17) is 4.98 Å². The second-order valence-electron chi connectivity index (χ2n) is 7.68. The standard InChI is InChI=1S/C20H22F2N8/c1-12-27-16(18-19(29-7-4-8-29)24-11-26-30(12)18)14-10-25-28(3)17(14)15-6-5-13(9-23-15)20(2,21)22/h5-6,9-10,26H,4,7-8,11H2,1-3H3. The number of likely N-dealkylation sites (tertiary alicyclic amines) is 1. The molecule has 3 aromatic heterocycles. The number of nitrogens with one attached hydrogen (secondary N) is 1. The number of aliphatic imine (C=N–C) groups is 1. The summed E-state index contributed by atoms with van der Waals surface area (Å²) in [5.41, 5.74) is 6.84. The quantitative estimate of drug-likeness (QED) is 0.716. The highest BCUT2D eigenvalue weighted by Gasteiger charge is 2.32. The van der Waals surface area contributed by atoms with E-state index in [9.17, 15) is 8.78 Å². The predicted octanol–water partition coefficient (Wildman–Crippen LogP) is 2.73. The molecule has 0 atom stereocenters. The summed E-state index contributed by atoms with van der Waals surface area (Å²) in [5, 5.41) is 4.41. The molecular weight excluding hydrogens is 390 g/mol. The number of hydrogen-bond acceptors (Lipinski definition) is 6. The molecule has 3 aromatic rings. The van der Waals surface area contributed by atoms with Gasteiger partial charge in [-0.25, -0.2) is 23.4 Å². The minimum atomic E-state index is -2.94. The van der Waals surface area contributed by atoms with Crippen LogP contribution in [0.4, 0.5) is 8.78 Å². The number of pyridine rings is 1. The summed E-state index contributed by atoms with van der Waals surface area (Å²) >= 11 is 0. The minimum absolute atomic E-state index is 0.124. The maximum atomic E-state index is 13.6. The Hall–Kier alpha value is -3.30. The van der Waals surface area contributed by atoms with E-state index in [-0.39, 0.29) is 5.56 Å². The lowest BCUT2D eigenvalue weighted by Gasteiger charge is -2.36. The van der Waals surface area contributed by atoms with Crippen LogP contribution in [-0.4, -0.2) is 54.9 Å². The molecule has 0 amide bonds. The summed E-state index contributed by atoms with van der Waals surface area (Å²) in [5.74, 6) is -1.20. The van der Waals surface area contributed by atoms with Gasteiger partial charge >= 0.3 is 0 Å². The first-order chi connectivity index (χ1) is 14.3. The van der Waals surface area contributed by atoms with Crippen molar-refractivity contribution in [1.82, 2.24) is 29.3 Å². The van der Waals surface area contributed by atoms with Gasteiger partial charge < -0.3 is 10.3 Å². The average Bonchev–Trinajstić information content (AvgIpc) is 3.21. The third-order valence-electron chi connectivity index (χ3n) is 5.58. The SMILES string of the molecule is Cc1nc(-c2cnn(C)c2-c2ccc(C(C)(F)F)cn2)c2n1NCN=C2N1CCC1. The number of halogens is 2. The average molecular weight is 412 g/mol. The molecule has 0 saturated carbocycles. The van der Waals surface area contributed by atoms with Crippen molar-refractivity contribution in [2.75, 3.05) is 25.2 Å². The molecule has 1 fully saturated rings. The van der Waals surface area contributed by atoms with E-state index in [0.29, 0.717) is 12.4 Å². The summed E-state index contributed by atoms with van der Waals surface area (Å²) in [7, 11) is 1.81. The van der Waals surface area contributed by atoms with Gasteiger partial charge in [0.2, 0.25) is 0 Å². The fourth-order valence-corrected chi connectivity index (χ4v) is 3.86. The number of alkyl halides is 2. The molecule has 30 heavy (non-hydrogen) atoms. The Bertz CT molecular complexity index is 1130. The molecule has 0 bridgehead atoms. The number of aromatic nitrogens is 5. The number of amidine groups is 1. The molecule has 2 aliphatic rings. The van der Waals surface area contributed by atoms with Crippen LogP contribution in [0.5, 0.6) is 0 Å². The fourth-order valence-electron chi connectivity index (χ4n) is 3.86. The normalized spacial score (nSPS) is 16.0. The fraction of sp³-hybridized carbons (Fsp3) is 0.400. The topological polar surface area (TPSA) is 76.2 Å². The Morgan fingerprint density at radius 3 is 2.57 bits per heavy atom. The number of nitrogens with zero attached hydrogens (tertiary/aromatic N) is 7. The number of fused-ring (bicyclic) bond motifs is 1. The highest BCUT2D eigenvalue weighted by atomic mass is 19.3. The van der Waals surface area contributed by atoms with Crippen molar-refractivity contribution in [2.24, 2.45) is 12.0 Å². The van der Waals surface area contributed by atoms with Crippen LogP contribution in [0.1, 0.15) is 30.4 Å². The van der Waals surface area contributed by atoms with E-state index in [1.807, 2.05) is 11.6 Å². The van der Waals surface area contributed by atoms with Gasteiger partial charge in [-0.2, -0.15) is 5.10 Å². The lowest BCUT2D eigenvalue weighted by atomic mass is 10.1. The smallest absolute Gasteiger partial charge is 0.272 e. The van der Waals surface area contributed by atoms with Crippen molar-refractivity contribution >= 4 is 5.84 Å². The Morgan fingerprint density at radius 1 is 1.13 bits per heavy atom. The van der Waals surface area contributed by atoms with Crippen LogP contribution in [0.3, 0.4) is 0 Å². The zero-order chi connectivity index (χ0) is 21.0. The molecule has 2 aliphatic heterocycles. The first-order valence-corrected chi connectivity index (χ1v) is 9.84. The first-order valence-electron chi connectivity index (χ1n) is 9.84. The second-order valence-corrected chi connectivity index (χ2v) is 7.68. The van der Waals surface area contributed by atoms with Crippen LogP contribution in [0.25, 0.3) is 22.6 Å². The molecule has 5 heterocycles. The van der Waals surface area contributed by atoms with Gasteiger partial charge in [-0.1, -0.05) is 0 Å². The molecule has 0 spiro atoms. The Balaban J connectivity index is 1.64. The number of imidazole rings is 1. The Morgan fingerprint density at radius 2 is 1.93 bits per heavy atom. The molecule has 1 saturated heterocycles. The third-order valence-corrected chi connectivity index (χ3v) is 5.58. The van der Waals surface area contributed by atoms with Gasteiger partial charge in [0.25, 0.3) is 5.92 Å². The lowest BCUT2D eigenvalue weighted by molar-refractivity contribution is 0.0171. The van der Waals surface area contributed by atoms with Crippen LogP contribution in [-0.2, 0) is 13.0 Å². The predicted molar refractivity (Wildman–Crippen MR) is 109 cm³/mol. The van der Waals surface area contributed by atoms with E-state index in [0.717, 1.165) is 60.7 Å². The van der Waals surface area contributed by atoms with Crippen LogP contribution < -0.4 is 5.43 Å². The Labute approximate surface area is 172 Å². The monoisotopic (exact) mass is 412 g/mol. The maximum Gasteiger partial charge on any atom is 0.272 e. The van der Waals surface area contributed by atoms with Crippen molar-refractivity contribution in [3.63, 3.8) is 0 Å². The number of rotatable bonds is 3. The van der Waals surface area contributed by atoms with Gasteiger partial charge in [-0.05, 0) is 25.5 Å². The molecule has 8 nitrogen and oxygen atoms in total. The van der Waals surface area contributed by atoms with E-state index in [1.54, 1.807) is 24.0 Å². The highest BCUT2D eigenvalue weighted by molar-refractivity contribution is 6.04. The van der Waals surface area contributed by atoms with Gasteiger partial charge in [0, 0.05) is 38.8 Å². The molecular formula is C20H22F2N8. The maximum absolute atomic E-state index is 13.6. The molecule has 10 heteroatoms. The molecule has 0 unspecified atom stereocenters. The van der Waals surface area contributed by atoms with Gasteiger partial charge in [0.1, 0.15) is 23.9 Å². The minimum Gasteiger partial charge on any atom is -0.355 e. The molecule has 0 aliphatic carbocycles. The van der Waals surface area contributed by atoms with Crippen molar-refractivity contribution in [3.05, 3.63) is 41.6 Å². The summed E-state index contributed by atoms with van der Waals surface area (Å²) < 4.78 is 30.9. The first kappa shape index (κ1) is 18.7. The lowest BCUT2D eigenvalue weighted by Crippen LogP contribution is -2.46. The highest BCUT2D eigenvalue weighted by Crippen LogP contribution is 2.35. The second kappa shape index (κ2) is 6.61. The van der Waals surface area contributed by atoms with Crippen LogP contribution in [0, 0.1) is 6.92 Å². The van der Waals surface area contributed by atoms with Gasteiger partial charge in [0.05, 0.1) is 23.1 Å². The van der Waals surface area contributed by atoms with E-state index in [1.165, 1.54) is 12.3 Å².